The summed E-state index contributed by atoms with van der Waals surface area (Å²) in [7, 11) is 0. The van der Waals surface area contributed by atoms with Gasteiger partial charge in [0.2, 0.25) is 0 Å². The van der Waals surface area contributed by atoms with Crippen LogP contribution >= 0.6 is 0 Å². The summed E-state index contributed by atoms with van der Waals surface area (Å²) in [6.07, 6.45) is 5.17. The summed E-state index contributed by atoms with van der Waals surface area (Å²) >= 11 is 0. The third-order valence-corrected chi connectivity index (χ3v) is 3.24. The van der Waals surface area contributed by atoms with E-state index in [1.807, 2.05) is 0 Å². The summed E-state index contributed by atoms with van der Waals surface area (Å²) in [6, 6.07) is 13.5. The molecule has 4 bridgehead atoms. The van der Waals surface area contributed by atoms with Gasteiger partial charge in [0.15, 0.2) is 0 Å². The maximum atomic E-state index is 2.28. The van der Waals surface area contributed by atoms with Crippen LogP contribution in [0.3, 0.4) is 0 Å². The highest BCUT2D eigenvalue weighted by atomic mass is 14.1. The van der Waals surface area contributed by atoms with Gasteiger partial charge in [-0.25, -0.2) is 0 Å². The van der Waals surface area contributed by atoms with Crippen molar-refractivity contribution in [1.29, 1.82) is 0 Å². The third-order valence-electron chi connectivity index (χ3n) is 3.24. The van der Waals surface area contributed by atoms with Crippen LogP contribution < -0.4 is 0 Å². The Morgan fingerprint density at radius 3 is 1.64 bits per heavy atom. The van der Waals surface area contributed by atoms with Crippen LogP contribution in [0.15, 0.2) is 36.4 Å². The second kappa shape index (κ2) is 3.13. The van der Waals surface area contributed by atoms with Crippen molar-refractivity contribution in [3.63, 3.8) is 0 Å². The molecule has 1 aliphatic carbocycles. The molecule has 0 saturated carbocycles. The Morgan fingerprint density at radius 2 is 1.14 bits per heavy atom. The minimum Gasteiger partial charge on any atom is -0.0613 e. The van der Waals surface area contributed by atoms with Gasteiger partial charge in [-0.2, -0.15) is 0 Å². The number of hydrogen-bond donors (Lipinski definition) is 0. The molecule has 1 aliphatic rings. The van der Waals surface area contributed by atoms with Crippen LogP contribution in [0.4, 0.5) is 0 Å². The molecular formula is C14H14. The van der Waals surface area contributed by atoms with Crippen molar-refractivity contribution in [2.24, 2.45) is 0 Å². The van der Waals surface area contributed by atoms with E-state index >= 15 is 0 Å². The topological polar surface area (TPSA) is 0 Å². The minimum atomic E-state index is 1.25. The van der Waals surface area contributed by atoms with E-state index < -0.39 is 0 Å². The van der Waals surface area contributed by atoms with Gasteiger partial charge in [0.25, 0.3) is 0 Å². The van der Waals surface area contributed by atoms with Crippen molar-refractivity contribution >= 4 is 10.8 Å². The average molecular weight is 182 g/mol. The molecule has 2 aromatic carbocycles. The second-order valence-electron chi connectivity index (χ2n) is 4.14. The van der Waals surface area contributed by atoms with Crippen molar-refractivity contribution in [2.75, 3.05) is 0 Å². The average Bonchev–Trinajstić information content (AvgIpc) is 2.26. The molecule has 0 aromatic heterocycles. The van der Waals surface area contributed by atoms with Gasteiger partial charge in [-0.3, -0.25) is 0 Å². The molecule has 0 spiro atoms. The van der Waals surface area contributed by atoms with E-state index in [1.165, 1.54) is 47.6 Å². The number of rotatable bonds is 0. The van der Waals surface area contributed by atoms with E-state index in [0.717, 1.165) is 0 Å². The first-order valence-electron chi connectivity index (χ1n) is 5.45. The number of hydrogen-bond acceptors (Lipinski definition) is 0. The summed E-state index contributed by atoms with van der Waals surface area (Å²) in [5, 5.41) is 2.95. The van der Waals surface area contributed by atoms with Crippen LogP contribution in [0.5, 0.6) is 0 Å². The zero-order valence-corrected chi connectivity index (χ0v) is 8.29. The Hall–Kier alpha value is -1.30. The highest BCUT2D eigenvalue weighted by Gasteiger charge is 2.07. The second-order valence-corrected chi connectivity index (χ2v) is 4.14. The van der Waals surface area contributed by atoms with Crippen molar-refractivity contribution < 1.29 is 0 Å². The molecule has 0 nitrogen and oxygen atoms in total. The molecule has 0 atom stereocenters. The molecule has 0 heterocycles. The lowest BCUT2D eigenvalue weighted by molar-refractivity contribution is 0.735. The van der Waals surface area contributed by atoms with Crippen LogP contribution in [-0.2, 0) is 12.8 Å². The molecule has 3 rings (SSSR count). The molecule has 14 heavy (non-hydrogen) atoms. The number of aryl methyl sites for hydroxylation is 2. The van der Waals surface area contributed by atoms with E-state index in [9.17, 15) is 0 Å². The van der Waals surface area contributed by atoms with E-state index in [0.29, 0.717) is 0 Å². The molecule has 0 fully saturated rings. The fraction of sp³-hybridized carbons (Fsp3) is 0.286. The Labute approximate surface area is 84.6 Å². The first-order valence-corrected chi connectivity index (χ1v) is 5.45. The van der Waals surface area contributed by atoms with Gasteiger partial charge in [-0.1, -0.05) is 36.4 Å². The Balaban J connectivity index is 2.42. The predicted molar refractivity (Wildman–Crippen MR) is 60.6 cm³/mol. The van der Waals surface area contributed by atoms with E-state index in [2.05, 4.69) is 36.4 Å². The molecule has 0 amide bonds. The zero-order chi connectivity index (χ0) is 9.38. The quantitative estimate of drug-likeness (QED) is 0.582. The lowest BCUT2D eigenvalue weighted by atomic mass is 9.91. The van der Waals surface area contributed by atoms with Crippen LogP contribution in [0.25, 0.3) is 10.8 Å². The Morgan fingerprint density at radius 1 is 0.643 bits per heavy atom. The van der Waals surface area contributed by atoms with Crippen LogP contribution in [0.2, 0.25) is 0 Å². The summed E-state index contributed by atoms with van der Waals surface area (Å²) in [5.41, 5.74) is 3.06. The lowest BCUT2D eigenvalue weighted by Gasteiger charge is -2.14. The van der Waals surface area contributed by atoms with Gasteiger partial charge >= 0.3 is 0 Å². The van der Waals surface area contributed by atoms with Gasteiger partial charge in [0.05, 0.1) is 0 Å². The van der Waals surface area contributed by atoms with Crippen molar-refractivity contribution in [3.05, 3.63) is 47.5 Å². The first kappa shape index (κ1) is 8.05. The van der Waals surface area contributed by atoms with Gasteiger partial charge in [-0.15, -0.1) is 0 Å². The van der Waals surface area contributed by atoms with Crippen LogP contribution in [-0.4, -0.2) is 0 Å². The summed E-state index contributed by atoms with van der Waals surface area (Å²) in [5.74, 6) is 0. The van der Waals surface area contributed by atoms with Gasteiger partial charge in [0.1, 0.15) is 0 Å². The molecule has 0 saturated heterocycles. The minimum absolute atomic E-state index is 1.25. The molecule has 0 radical (unpaired) electrons. The third kappa shape index (κ3) is 1.14. The monoisotopic (exact) mass is 182 g/mol. The lowest BCUT2D eigenvalue weighted by Crippen LogP contribution is -1.96. The molecule has 0 N–H and O–H groups in total. The van der Waals surface area contributed by atoms with Crippen LogP contribution in [0.1, 0.15) is 24.0 Å². The zero-order valence-electron chi connectivity index (χ0n) is 8.29. The SMILES string of the molecule is c1cc2c3cccc(c3c1)CCCC2. The fourth-order valence-electron chi connectivity index (χ4n) is 2.51. The first-order chi connectivity index (χ1) is 6.95. The molecule has 2 aromatic rings. The van der Waals surface area contributed by atoms with E-state index in [4.69, 9.17) is 0 Å². The van der Waals surface area contributed by atoms with Crippen molar-refractivity contribution in [3.8, 4) is 0 Å². The summed E-state index contributed by atoms with van der Waals surface area (Å²) < 4.78 is 0. The highest BCUT2D eigenvalue weighted by Crippen LogP contribution is 2.27. The van der Waals surface area contributed by atoms with Crippen molar-refractivity contribution in [2.45, 2.75) is 25.7 Å². The number of benzene rings is 2. The Kier molecular flexibility index (Phi) is 1.80. The summed E-state index contributed by atoms with van der Waals surface area (Å²) in [4.78, 5) is 0. The summed E-state index contributed by atoms with van der Waals surface area (Å²) in [6.45, 7) is 0. The molecular weight excluding hydrogens is 168 g/mol. The Bertz CT molecular complexity index is 423. The van der Waals surface area contributed by atoms with E-state index in [-0.39, 0.29) is 0 Å². The molecule has 70 valence electrons. The van der Waals surface area contributed by atoms with Crippen molar-refractivity contribution in [1.82, 2.24) is 0 Å². The van der Waals surface area contributed by atoms with Gasteiger partial charge in [0, 0.05) is 0 Å². The van der Waals surface area contributed by atoms with Gasteiger partial charge in [-0.05, 0) is 47.6 Å². The highest BCUT2D eigenvalue weighted by molar-refractivity contribution is 5.88. The van der Waals surface area contributed by atoms with Crippen LogP contribution in [0, 0.1) is 0 Å². The molecule has 0 aliphatic heterocycles. The smallest absolute Gasteiger partial charge is 0.0149 e. The predicted octanol–water partition coefficient (Wildman–Crippen LogP) is 3.72. The normalized spacial score (nSPS) is 15.4. The molecule has 0 heteroatoms. The fourth-order valence-corrected chi connectivity index (χ4v) is 2.51. The standard InChI is InChI=1S/C14H14/c1-2-6-12-8-4-9-13-11(5-1)7-3-10-14(12)13/h3-4,7-10H,1-2,5-6H2. The van der Waals surface area contributed by atoms with E-state index in [1.54, 1.807) is 0 Å². The maximum absolute atomic E-state index is 2.28. The van der Waals surface area contributed by atoms with Gasteiger partial charge < -0.3 is 0 Å². The maximum Gasteiger partial charge on any atom is -0.0149 e. The molecule has 0 unspecified atom stereocenters. The largest absolute Gasteiger partial charge is 0.0613 e.